The molecule has 0 radical (unpaired) electrons. The molecule has 0 saturated heterocycles. The predicted octanol–water partition coefficient (Wildman–Crippen LogP) is 3.03. The molecule has 1 N–H and O–H groups in total. The number of benzene rings is 2. The van der Waals surface area contributed by atoms with Crippen LogP contribution in [-0.4, -0.2) is 25.6 Å². The lowest BCUT2D eigenvalue weighted by Gasteiger charge is -2.10. The molecule has 0 saturated carbocycles. The Balaban J connectivity index is 1.95. The third-order valence-electron chi connectivity index (χ3n) is 3.91. The largest absolute Gasteiger partial charge is 0.465 e. The summed E-state index contributed by atoms with van der Waals surface area (Å²) in [5, 5.41) is 0. The van der Waals surface area contributed by atoms with Gasteiger partial charge in [0.1, 0.15) is 6.54 Å². The number of fused-ring (bicyclic) bond motifs is 1. The highest BCUT2D eigenvalue weighted by Gasteiger charge is 2.20. The number of sulfonamides is 1. The SMILES string of the molecule is CCOC(=O)Cn1c(=O)oc2cc(S(=O)(=O)Nc3ccc(C)cc3Br)ccc21. The molecule has 0 fully saturated rings. The van der Waals surface area contributed by atoms with Crippen LogP contribution >= 0.6 is 15.9 Å². The number of hydrogen-bond donors (Lipinski definition) is 1. The Morgan fingerprint density at radius 3 is 2.68 bits per heavy atom. The fraction of sp³-hybridized carbons (Fsp3) is 0.222. The fourth-order valence-electron chi connectivity index (χ4n) is 2.61. The molecule has 2 aromatic carbocycles. The summed E-state index contributed by atoms with van der Waals surface area (Å²) in [6.07, 6.45) is 0. The predicted molar refractivity (Wildman–Crippen MR) is 107 cm³/mol. The van der Waals surface area contributed by atoms with Crippen molar-refractivity contribution < 1.29 is 22.4 Å². The Morgan fingerprint density at radius 2 is 2.00 bits per heavy atom. The van der Waals surface area contributed by atoms with Crippen LogP contribution in [0.5, 0.6) is 0 Å². The molecule has 1 heterocycles. The van der Waals surface area contributed by atoms with E-state index in [1.165, 1.54) is 18.2 Å². The monoisotopic (exact) mass is 468 g/mol. The number of rotatable bonds is 6. The number of carbonyl (C=O) groups is 1. The zero-order valence-corrected chi connectivity index (χ0v) is 17.5. The molecule has 0 aliphatic heterocycles. The van der Waals surface area contributed by atoms with Crippen LogP contribution in [0.3, 0.4) is 0 Å². The third kappa shape index (κ3) is 4.12. The van der Waals surface area contributed by atoms with Crippen LogP contribution in [0.25, 0.3) is 11.1 Å². The Kier molecular flexibility index (Phi) is 5.61. The quantitative estimate of drug-likeness (QED) is 0.557. The maximum atomic E-state index is 12.7. The highest BCUT2D eigenvalue weighted by atomic mass is 79.9. The number of anilines is 1. The van der Waals surface area contributed by atoms with E-state index < -0.39 is 21.7 Å². The van der Waals surface area contributed by atoms with Crippen LogP contribution in [0.1, 0.15) is 12.5 Å². The van der Waals surface area contributed by atoms with E-state index in [1.807, 2.05) is 6.92 Å². The van der Waals surface area contributed by atoms with Gasteiger partial charge in [0, 0.05) is 10.5 Å². The number of hydrogen-bond acceptors (Lipinski definition) is 6. The molecular weight excluding hydrogens is 452 g/mol. The van der Waals surface area contributed by atoms with Crippen molar-refractivity contribution in [1.82, 2.24) is 4.57 Å². The van der Waals surface area contributed by atoms with E-state index >= 15 is 0 Å². The van der Waals surface area contributed by atoms with Gasteiger partial charge < -0.3 is 9.15 Å². The summed E-state index contributed by atoms with van der Waals surface area (Å²) in [5.41, 5.74) is 1.71. The number of nitrogens with one attached hydrogen (secondary N) is 1. The molecule has 10 heteroatoms. The molecule has 148 valence electrons. The minimum Gasteiger partial charge on any atom is -0.465 e. The summed E-state index contributed by atoms with van der Waals surface area (Å²) in [6, 6.07) is 9.20. The second kappa shape index (κ2) is 7.80. The van der Waals surface area contributed by atoms with Gasteiger partial charge in [0.15, 0.2) is 5.58 Å². The van der Waals surface area contributed by atoms with Gasteiger partial charge in [0.05, 0.1) is 22.7 Å². The average molecular weight is 469 g/mol. The van der Waals surface area contributed by atoms with Crippen molar-refractivity contribution in [1.29, 1.82) is 0 Å². The molecule has 0 bridgehead atoms. The zero-order valence-electron chi connectivity index (χ0n) is 15.1. The number of oxazole rings is 1. The smallest absolute Gasteiger partial charge is 0.420 e. The van der Waals surface area contributed by atoms with Crippen molar-refractivity contribution in [3.63, 3.8) is 0 Å². The average Bonchev–Trinajstić information content (AvgIpc) is 2.92. The van der Waals surface area contributed by atoms with Gasteiger partial charge in [-0.2, -0.15) is 0 Å². The maximum Gasteiger partial charge on any atom is 0.420 e. The van der Waals surface area contributed by atoms with Crippen LogP contribution in [0.15, 0.2) is 55.0 Å². The number of aryl methyl sites for hydroxylation is 1. The summed E-state index contributed by atoms with van der Waals surface area (Å²) in [6.45, 7) is 3.41. The van der Waals surface area contributed by atoms with Gasteiger partial charge >= 0.3 is 11.7 Å². The Morgan fingerprint density at radius 1 is 1.25 bits per heavy atom. The first-order valence-electron chi connectivity index (χ1n) is 8.29. The van der Waals surface area contributed by atoms with Crippen LogP contribution in [0, 0.1) is 6.92 Å². The van der Waals surface area contributed by atoms with Crippen LogP contribution in [0.2, 0.25) is 0 Å². The van der Waals surface area contributed by atoms with Crippen molar-refractivity contribution in [3.8, 4) is 0 Å². The number of carbonyl (C=O) groups excluding carboxylic acids is 1. The lowest BCUT2D eigenvalue weighted by molar-refractivity contribution is -0.143. The van der Waals surface area contributed by atoms with Gasteiger partial charge in [-0.25, -0.2) is 13.2 Å². The summed E-state index contributed by atoms with van der Waals surface area (Å²) < 4.78 is 39.5. The first-order valence-corrected chi connectivity index (χ1v) is 10.6. The summed E-state index contributed by atoms with van der Waals surface area (Å²) in [5.74, 6) is -1.36. The van der Waals surface area contributed by atoms with Crippen molar-refractivity contribution in [3.05, 3.63) is 57.0 Å². The third-order valence-corrected chi connectivity index (χ3v) is 5.93. The summed E-state index contributed by atoms with van der Waals surface area (Å²) >= 11 is 3.33. The zero-order chi connectivity index (χ0) is 20.5. The molecule has 0 amide bonds. The van der Waals surface area contributed by atoms with Crippen LogP contribution < -0.4 is 10.5 Å². The van der Waals surface area contributed by atoms with E-state index in [0.717, 1.165) is 10.1 Å². The van der Waals surface area contributed by atoms with Gasteiger partial charge in [0.25, 0.3) is 10.0 Å². The van der Waals surface area contributed by atoms with E-state index in [0.29, 0.717) is 15.7 Å². The number of nitrogens with zero attached hydrogens (tertiary/aromatic N) is 1. The van der Waals surface area contributed by atoms with Crippen molar-refractivity contribution in [2.75, 3.05) is 11.3 Å². The van der Waals surface area contributed by atoms with Gasteiger partial charge in [0.2, 0.25) is 0 Å². The Labute approximate surface area is 169 Å². The Bertz CT molecular complexity index is 1210. The summed E-state index contributed by atoms with van der Waals surface area (Å²) in [4.78, 5) is 23.6. The van der Waals surface area contributed by atoms with Crippen molar-refractivity contribution >= 4 is 48.7 Å². The fourth-order valence-corrected chi connectivity index (χ4v) is 4.42. The van der Waals surface area contributed by atoms with Crippen LogP contribution in [0.4, 0.5) is 5.69 Å². The first kappa shape index (κ1) is 20.2. The molecule has 0 atom stereocenters. The lowest BCUT2D eigenvalue weighted by atomic mass is 10.2. The van der Waals surface area contributed by atoms with E-state index in [9.17, 15) is 18.0 Å². The minimum atomic E-state index is -3.92. The van der Waals surface area contributed by atoms with Gasteiger partial charge in [-0.1, -0.05) is 6.07 Å². The molecule has 3 rings (SSSR count). The van der Waals surface area contributed by atoms with E-state index in [2.05, 4.69) is 20.7 Å². The molecule has 28 heavy (non-hydrogen) atoms. The standard InChI is InChI=1S/C18H17BrN2O6S/c1-3-26-17(22)10-21-15-7-5-12(9-16(15)27-18(21)23)28(24,25)20-14-6-4-11(2)8-13(14)19/h4-9,20H,3,10H2,1-2H3. The van der Waals surface area contributed by atoms with Crippen LogP contribution in [-0.2, 0) is 26.1 Å². The molecule has 0 unspecified atom stereocenters. The molecule has 0 spiro atoms. The summed E-state index contributed by atoms with van der Waals surface area (Å²) in [7, 11) is -3.92. The van der Waals surface area contributed by atoms with Gasteiger partial charge in [-0.3, -0.25) is 14.1 Å². The van der Waals surface area contributed by atoms with E-state index in [1.54, 1.807) is 25.1 Å². The van der Waals surface area contributed by atoms with E-state index in [4.69, 9.17) is 9.15 Å². The highest BCUT2D eigenvalue weighted by Crippen LogP contribution is 2.27. The second-order valence-electron chi connectivity index (χ2n) is 5.98. The molecular formula is C18H17BrN2O6S. The van der Waals surface area contributed by atoms with Gasteiger partial charge in [-0.15, -0.1) is 0 Å². The number of aromatic nitrogens is 1. The second-order valence-corrected chi connectivity index (χ2v) is 8.51. The minimum absolute atomic E-state index is 0.0557. The lowest BCUT2D eigenvalue weighted by Crippen LogP contribution is -2.21. The number of ether oxygens (including phenoxy) is 1. The molecule has 8 nitrogen and oxygen atoms in total. The maximum absolute atomic E-state index is 12.7. The van der Waals surface area contributed by atoms with E-state index in [-0.39, 0.29) is 23.6 Å². The van der Waals surface area contributed by atoms with Gasteiger partial charge in [-0.05, 0) is 59.6 Å². The highest BCUT2D eigenvalue weighted by molar-refractivity contribution is 9.10. The molecule has 1 aromatic heterocycles. The van der Waals surface area contributed by atoms with Crippen molar-refractivity contribution in [2.24, 2.45) is 0 Å². The first-order chi connectivity index (χ1) is 13.2. The van der Waals surface area contributed by atoms with Crippen molar-refractivity contribution in [2.45, 2.75) is 25.3 Å². The number of esters is 1. The normalized spacial score (nSPS) is 11.5. The molecule has 0 aliphatic carbocycles. The Hall–Kier alpha value is -2.59. The number of halogens is 1. The molecule has 3 aromatic rings. The molecule has 0 aliphatic rings. The topological polar surface area (TPSA) is 108 Å².